The van der Waals surface area contributed by atoms with Gasteiger partial charge in [-0.1, -0.05) is 36.4 Å². The second kappa shape index (κ2) is 8.99. The van der Waals surface area contributed by atoms with Crippen molar-refractivity contribution >= 4 is 6.08 Å². The first-order valence-electron chi connectivity index (χ1n) is 8.03. The zero-order chi connectivity index (χ0) is 16.5. The van der Waals surface area contributed by atoms with Crippen LogP contribution in [-0.2, 0) is 6.42 Å². The Balaban J connectivity index is 1.93. The molecule has 0 fully saturated rings. The number of allylic oxidation sites excluding steroid dienone is 2. The number of nitrogens with zero attached hydrogens (tertiary/aromatic N) is 2. The van der Waals surface area contributed by atoms with E-state index in [2.05, 4.69) is 41.0 Å². The molecular weight excluding hydrogens is 287 g/mol. The summed E-state index contributed by atoms with van der Waals surface area (Å²) in [5.74, 6) is 0. The molecule has 0 amide bonds. The number of halogens is 1. The van der Waals surface area contributed by atoms with Crippen LogP contribution in [0.1, 0.15) is 37.4 Å². The van der Waals surface area contributed by atoms with Crippen molar-refractivity contribution < 1.29 is 4.39 Å². The lowest BCUT2D eigenvalue weighted by Crippen LogP contribution is -1.91. The summed E-state index contributed by atoms with van der Waals surface area (Å²) in [4.78, 5) is 0. The molecule has 3 heteroatoms. The molecule has 0 N–H and O–H groups in total. The van der Waals surface area contributed by atoms with Crippen molar-refractivity contribution in [3.8, 4) is 11.3 Å². The van der Waals surface area contributed by atoms with Crippen LogP contribution in [0, 0.1) is 0 Å². The standard InChI is InChI=1S/C20H23FN2/c1-3-7-17-10-12-18(13-11-17)20-15-14-19(22-23-20)9-6-4-5-8-16(2)21/h3,6,9-16H,1,4-5,7-8H2,2H3. The van der Waals surface area contributed by atoms with Crippen LogP contribution in [0.2, 0.25) is 0 Å². The molecule has 1 aromatic heterocycles. The maximum absolute atomic E-state index is 12.7. The van der Waals surface area contributed by atoms with E-state index in [1.807, 2.05) is 30.4 Å². The van der Waals surface area contributed by atoms with Crippen LogP contribution < -0.4 is 0 Å². The zero-order valence-electron chi connectivity index (χ0n) is 13.6. The molecule has 0 aliphatic rings. The van der Waals surface area contributed by atoms with Crippen molar-refractivity contribution in [1.29, 1.82) is 0 Å². The van der Waals surface area contributed by atoms with Crippen molar-refractivity contribution in [3.63, 3.8) is 0 Å². The average Bonchev–Trinajstić information content (AvgIpc) is 2.56. The predicted molar refractivity (Wildman–Crippen MR) is 94.8 cm³/mol. The van der Waals surface area contributed by atoms with Gasteiger partial charge in [-0.05, 0) is 56.4 Å². The molecule has 0 radical (unpaired) electrons. The van der Waals surface area contributed by atoms with E-state index in [1.165, 1.54) is 5.56 Å². The van der Waals surface area contributed by atoms with Crippen LogP contribution in [0.3, 0.4) is 0 Å². The minimum atomic E-state index is -0.722. The molecule has 0 saturated heterocycles. The van der Waals surface area contributed by atoms with E-state index in [0.29, 0.717) is 6.42 Å². The summed E-state index contributed by atoms with van der Waals surface area (Å²) in [5, 5.41) is 8.49. The fraction of sp³-hybridized carbons (Fsp3) is 0.300. The molecule has 0 bridgehead atoms. The van der Waals surface area contributed by atoms with Gasteiger partial charge in [-0.25, -0.2) is 4.39 Å². The van der Waals surface area contributed by atoms with Crippen LogP contribution in [0.5, 0.6) is 0 Å². The van der Waals surface area contributed by atoms with E-state index in [4.69, 9.17) is 0 Å². The van der Waals surface area contributed by atoms with Gasteiger partial charge in [-0.3, -0.25) is 0 Å². The zero-order valence-corrected chi connectivity index (χ0v) is 13.6. The topological polar surface area (TPSA) is 25.8 Å². The molecule has 1 unspecified atom stereocenters. The summed E-state index contributed by atoms with van der Waals surface area (Å²) in [6.45, 7) is 5.34. The average molecular weight is 310 g/mol. The lowest BCUT2D eigenvalue weighted by molar-refractivity contribution is 0.335. The van der Waals surface area contributed by atoms with Crippen molar-refractivity contribution in [1.82, 2.24) is 10.2 Å². The molecule has 120 valence electrons. The Labute approximate surface area is 137 Å². The quantitative estimate of drug-likeness (QED) is 0.481. The summed E-state index contributed by atoms with van der Waals surface area (Å²) in [6, 6.07) is 12.2. The van der Waals surface area contributed by atoms with Gasteiger partial charge in [-0.15, -0.1) is 11.7 Å². The van der Waals surface area contributed by atoms with Gasteiger partial charge in [0.15, 0.2) is 0 Å². The molecular formula is C20H23FN2. The van der Waals surface area contributed by atoms with Gasteiger partial charge in [0, 0.05) is 5.56 Å². The first kappa shape index (κ1) is 17.1. The van der Waals surface area contributed by atoms with Crippen LogP contribution in [0.15, 0.2) is 55.1 Å². The number of aromatic nitrogens is 2. The number of unbranched alkanes of at least 4 members (excludes halogenated alkanes) is 1. The van der Waals surface area contributed by atoms with Crippen LogP contribution >= 0.6 is 0 Å². The van der Waals surface area contributed by atoms with Gasteiger partial charge in [-0.2, -0.15) is 5.10 Å². The summed E-state index contributed by atoms with van der Waals surface area (Å²) in [6.07, 6.45) is 8.33. The summed E-state index contributed by atoms with van der Waals surface area (Å²) in [7, 11) is 0. The number of benzene rings is 1. The Morgan fingerprint density at radius 1 is 1.13 bits per heavy atom. The molecule has 0 spiro atoms. The molecule has 0 saturated carbocycles. The second-order valence-corrected chi connectivity index (χ2v) is 5.65. The van der Waals surface area contributed by atoms with Gasteiger partial charge < -0.3 is 0 Å². The van der Waals surface area contributed by atoms with Gasteiger partial charge in [0.2, 0.25) is 0 Å². The number of alkyl halides is 1. The summed E-state index contributed by atoms with van der Waals surface area (Å²) >= 11 is 0. The van der Waals surface area contributed by atoms with E-state index in [9.17, 15) is 4.39 Å². The lowest BCUT2D eigenvalue weighted by Gasteiger charge is -2.02. The predicted octanol–water partition coefficient (Wildman–Crippen LogP) is 5.41. The Kier molecular flexibility index (Phi) is 6.67. The third-order valence-electron chi connectivity index (χ3n) is 3.58. The minimum absolute atomic E-state index is 0.608. The Morgan fingerprint density at radius 3 is 2.52 bits per heavy atom. The number of rotatable bonds is 8. The van der Waals surface area contributed by atoms with E-state index in [1.54, 1.807) is 6.92 Å². The Hall–Kier alpha value is -2.29. The molecule has 1 heterocycles. The molecule has 0 aliphatic carbocycles. The SMILES string of the molecule is C=CCc1ccc(-c2ccc(C=CCCCC(C)F)nn2)cc1. The first-order chi connectivity index (χ1) is 11.2. The van der Waals surface area contributed by atoms with E-state index < -0.39 is 6.17 Å². The molecule has 1 aromatic carbocycles. The van der Waals surface area contributed by atoms with Crippen LogP contribution in [-0.4, -0.2) is 16.4 Å². The Morgan fingerprint density at radius 2 is 1.91 bits per heavy atom. The molecule has 23 heavy (non-hydrogen) atoms. The third-order valence-corrected chi connectivity index (χ3v) is 3.58. The summed E-state index contributed by atoms with van der Waals surface area (Å²) < 4.78 is 12.7. The molecule has 1 atom stereocenters. The highest BCUT2D eigenvalue weighted by Crippen LogP contribution is 2.17. The number of hydrogen-bond acceptors (Lipinski definition) is 2. The third kappa shape index (κ3) is 5.78. The van der Waals surface area contributed by atoms with Crippen molar-refractivity contribution in [3.05, 3.63) is 66.4 Å². The van der Waals surface area contributed by atoms with Crippen molar-refractivity contribution in [2.45, 2.75) is 38.8 Å². The maximum atomic E-state index is 12.7. The number of hydrogen-bond donors (Lipinski definition) is 0. The van der Waals surface area contributed by atoms with Gasteiger partial charge >= 0.3 is 0 Å². The van der Waals surface area contributed by atoms with E-state index in [0.717, 1.165) is 36.2 Å². The Bertz CT molecular complexity index is 628. The monoisotopic (exact) mass is 310 g/mol. The summed E-state index contributed by atoms with van der Waals surface area (Å²) in [5.41, 5.74) is 3.97. The lowest BCUT2D eigenvalue weighted by atomic mass is 10.1. The van der Waals surface area contributed by atoms with E-state index >= 15 is 0 Å². The molecule has 2 rings (SSSR count). The van der Waals surface area contributed by atoms with Crippen LogP contribution in [0.25, 0.3) is 17.3 Å². The van der Waals surface area contributed by atoms with Gasteiger partial charge in [0.05, 0.1) is 17.6 Å². The fourth-order valence-electron chi connectivity index (χ4n) is 2.28. The van der Waals surface area contributed by atoms with Crippen molar-refractivity contribution in [2.24, 2.45) is 0 Å². The molecule has 0 aliphatic heterocycles. The first-order valence-corrected chi connectivity index (χ1v) is 8.03. The highest BCUT2D eigenvalue weighted by atomic mass is 19.1. The van der Waals surface area contributed by atoms with Gasteiger partial charge in [0.1, 0.15) is 0 Å². The highest BCUT2D eigenvalue weighted by Gasteiger charge is 2.00. The molecule has 2 nitrogen and oxygen atoms in total. The maximum Gasteiger partial charge on any atom is 0.0973 e. The largest absolute Gasteiger partial charge is 0.248 e. The fourth-order valence-corrected chi connectivity index (χ4v) is 2.28. The van der Waals surface area contributed by atoms with Gasteiger partial charge in [0.25, 0.3) is 0 Å². The molecule has 2 aromatic rings. The van der Waals surface area contributed by atoms with Crippen LogP contribution in [0.4, 0.5) is 4.39 Å². The minimum Gasteiger partial charge on any atom is -0.248 e. The second-order valence-electron chi connectivity index (χ2n) is 5.65. The normalized spacial score (nSPS) is 12.4. The van der Waals surface area contributed by atoms with Crippen molar-refractivity contribution in [2.75, 3.05) is 0 Å². The smallest absolute Gasteiger partial charge is 0.0973 e. The highest BCUT2D eigenvalue weighted by molar-refractivity contribution is 5.60. The van der Waals surface area contributed by atoms with E-state index in [-0.39, 0.29) is 0 Å².